The van der Waals surface area contributed by atoms with E-state index in [1.165, 1.54) is 5.56 Å². The molecule has 0 heterocycles. The fraction of sp³-hybridized carbons (Fsp3) is 0.294. The fourth-order valence-corrected chi connectivity index (χ4v) is 2.90. The lowest BCUT2D eigenvalue weighted by atomic mass is 9.84. The minimum Gasteiger partial charge on any atom is -0.312 e. The van der Waals surface area contributed by atoms with Gasteiger partial charge in [-0.25, -0.2) is 0 Å². The number of hydrogen-bond acceptors (Lipinski definition) is 1. The van der Waals surface area contributed by atoms with Crippen molar-refractivity contribution >= 4 is 34.8 Å². The molecule has 0 radical (unpaired) electrons. The third-order valence-corrected chi connectivity index (χ3v) is 4.76. The molecule has 2 aromatic rings. The van der Waals surface area contributed by atoms with E-state index in [9.17, 15) is 0 Å². The van der Waals surface area contributed by atoms with Crippen LogP contribution in [0.2, 0.25) is 15.1 Å². The quantitative estimate of drug-likeness (QED) is 0.686. The van der Waals surface area contributed by atoms with E-state index in [0.29, 0.717) is 21.6 Å². The molecule has 0 atom stereocenters. The van der Waals surface area contributed by atoms with Gasteiger partial charge in [-0.05, 0) is 17.7 Å². The normalized spacial score (nSPS) is 11.7. The first-order valence-corrected chi connectivity index (χ1v) is 7.94. The van der Waals surface area contributed by atoms with Crippen LogP contribution in [0.3, 0.4) is 0 Å². The van der Waals surface area contributed by atoms with Crippen LogP contribution in [0.1, 0.15) is 25.0 Å². The summed E-state index contributed by atoms with van der Waals surface area (Å²) in [5.74, 6) is 0. The van der Waals surface area contributed by atoms with Crippen LogP contribution in [-0.4, -0.2) is 6.54 Å². The summed E-state index contributed by atoms with van der Waals surface area (Å²) in [6.07, 6.45) is 0. The molecule has 1 N–H and O–H groups in total. The van der Waals surface area contributed by atoms with Crippen LogP contribution in [0.5, 0.6) is 0 Å². The highest BCUT2D eigenvalue weighted by Gasteiger charge is 2.20. The SMILES string of the molecule is CC(C)(CNCc1c(Cl)ccc(Cl)c1Cl)c1ccccc1. The average Bonchev–Trinajstić information content (AvgIpc) is 2.48. The molecule has 0 bridgehead atoms. The molecule has 0 aliphatic carbocycles. The monoisotopic (exact) mass is 341 g/mol. The first-order valence-electron chi connectivity index (χ1n) is 6.80. The molecule has 0 saturated heterocycles. The third kappa shape index (κ3) is 4.14. The second-order valence-electron chi connectivity index (χ2n) is 5.68. The van der Waals surface area contributed by atoms with Gasteiger partial charge in [0.1, 0.15) is 0 Å². The van der Waals surface area contributed by atoms with E-state index >= 15 is 0 Å². The van der Waals surface area contributed by atoms with Crippen molar-refractivity contribution in [3.8, 4) is 0 Å². The smallest absolute Gasteiger partial charge is 0.0652 e. The second-order valence-corrected chi connectivity index (χ2v) is 6.87. The van der Waals surface area contributed by atoms with Crippen molar-refractivity contribution in [3.63, 3.8) is 0 Å². The van der Waals surface area contributed by atoms with Gasteiger partial charge in [0.2, 0.25) is 0 Å². The van der Waals surface area contributed by atoms with E-state index < -0.39 is 0 Å². The molecule has 2 aromatic carbocycles. The van der Waals surface area contributed by atoms with E-state index in [1.54, 1.807) is 12.1 Å². The van der Waals surface area contributed by atoms with Crippen LogP contribution in [0.4, 0.5) is 0 Å². The highest BCUT2D eigenvalue weighted by atomic mass is 35.5. The van der Waals surface area contributed by atoms with E-state index in [4.69, 9.17) is 34.8 Å². The number of benzene rings is 2. The summed E-state index contributed by atoms with van der Waals surface area (Å²) in [5.41, 5.74) is 2.16. The molecule has 112 valence electrons. The predicted molar refractivity (Wildman–Crippen MR) is 92.6 cm³/mol. The topological polar surface area (TPSA) is 12.0 Å². The molecule has 0 fully saturated rings. The molecule has 0 aliphatic heterocycles. The first kappa shape index (κ1) is 16.6. The zero-order valence-corrected chi connectivity index (χ0v) is 14.4. The van der Waals surface area contributed by atoms with Gasteiger partial charge in [0.05, 0.1) is 10.0 Å². The summed E-state index contributed by atoms with van der Waals surface area (Å²) in [6, 6.07) is 13.9. The Morgan fingerprint density at radius 2 is 1.52 bits per heavy atom. The van der Waals surface area contributed by atoms with Crippen molar-refractivity contribution in [3.05, 3.63) is 68.7 Å². The Bertz CT molecular complexity index is 609. The van der Waals surface area contributed by atoms with E-state index in [0.717, 1.165) is 12.1 Å². The minimum absolute atomic E-state index is 0.0266. The Morgan fingerprint density at radius 3 is 2.19 bits per heavy atom. The van der Waals surface area contributed by atoms with Crippen molar-refractivity contribution in [1.29, 1.82) is 0 Å². The summed E-state index contributed by atoms with van der Waals surface area (Å²) in [5, 5.41) is 5.11. The van der Waals surface area contributed by atoms with E-state index in [1.807, 2.05) is 6.07 Å². The van der Waals surface area contributed by atoms with Crippen molar-refractivity contribution in [2.45, 2.75) is 25.8 Å². The Balaban J connectivity index is 2.04. The standard InChI is InChI=1S/C17H18Cl3N/c1-17(2,12-6-4-3-5-7-12)11-21-10-13-14(18)8-9-15(19)16(13)20/h3-9,21H,10-11H2,1-2H3. The maximum atomic E-state index is 6.21. The Morgan fingerprint density at radius 1 is 0.905 bits per heavy atom. The van der Waals surface area contributed by atoms with Gasteiger partial charge in [-0.2, -0.15) is 0 Å². The van der Waals surface area contributed by atoms with Gasteiger partial charge < -0.3 is 5.32 Å². The molecule has 4 heteroatoms. The molecule has 0 saturated carbocycles. The number of rotatable bonds is 5. The van der Waals surface area contributed by atoms with Crippen molar-refractivity contribution in [1.82, 2.24) is 5.32 Å². The van der Waals surface area contributed by atoms with Gasteiger partial charge >= 0.3 is 0 Å². The molecule has 21 heavy (non-hydrogen) atoms. The van der Waals surface area contributed by atoms with Gasteiger partial charge in [-0.15, -0.1) is 0 Å². The van der Waals surface area contributed by atoms with E-state index in [-0.39, 0.29) is 5.41 Å². The third-order valence-electron chi connectivity index (χ3n) is 3.56. The van der Waals surface area contributed by atoms with Gasteiger partial charge in [0, 0.05) is 29.1 Å². The molecule has 0 unspecified atom stereocenters. The lowest BCUT2D eigenvalue weighted by Gasteiger charge is -2.26. The highest BCUT2D eigenvalue weighted by molar-refractivity contribution is 6.44. The predicted octanol–water partition coefficient (Wildman–Crippen LogP) is 5.71. The second kappa shape index (κ2) is 7.02. The van der Waals surface area contributed by atoms with Gasteiger partial charge in [-0.3, -0.25) is 0 Å². The number of nitrogens with one attached hydrogen (secondary N) is 1. The molecule has 2 rings (SSSR count). The Kier molecular flexibility index (Phi) is 5.56. The largest absolute Gasteiger partial charge is 0.312 e. The number of halogens is 3. The van der Waals surface area contributed by atoms with Crippen LogP contribution in [-0.2, 0) is 12.0 Å². The minimum atomic E-state index is 0.0266. The van der Waals surface area contributed by atoms with Crippen molar-refractivity contribution < 1.29 is 0 Å². The summed E-state index contributed by atoms with van der Waals surface area (Å²) in [4.78, 5) is 0. The van der Waals surface area contributed by atoms with Crippen LogP contribution in [0.15, 0.2) is 42.5 Å². The molecule has 0 spiro atoms. The maximum Gasteiger partial charge on any atom is 0.0652 e. The maximum absolute atomic E-state index is 6.21. The average molecular weight is 343 g/mol. The molecule has 0 aliphatic rings. The van der Waals surface area contributed by atoms with Gasteiger partial charge in [0.25, 0.3) is 0 Å². The van der Waals surface area contributed by atoms with Crippen molar-refractivity contribution in [2.75, 3.05) is 6.54 Å². The molecule has 0 aromatic heterocycles. The van der Waals surface area contributed by atoms with Crippen LogP contribution in [0.25, 0.3) is 0 Å². The van der Waals surface area contributed by atoms with Crippen LogP contribution >= 0.6 is 34.8 Å². The van der Waals surface area contributed by atoms with Crippen LogP contribution < -0.4 is 5.32 Å². The zero-order chi connectivity index (χ0) is 15.5. The molecule has 0 amide bonds. The first-order chi connectivity index (χ1) is 9.92. The summed E-state index contributed by atoms with van der Waals surface area (Å²) < 4.78 is 0. The lowest BCUT2D eigenvalue weighted by Crippen LogP contribution is -2.32. The Labute approximate surface area is 141 Å². The van der Waals surface area contributed by atoms with E-state index in [2.05, 4.69) is 43.4 Å². The van der Waals surface area contributed by atoms with Crippen molar-refractivity contribution in [2.24, 2.45) is 0 Å². The van der Waals surface area contributed by atoms with Gasteiger partial charge in [-0.1, -0.05) is 79.0 Å². The Hall–Kier alpha value is -0.730. The number of hydrogen-bond donors (Lipinski definition) is 1. The zero-order valence-electron chi connectivity index (χ0n) is 12.1. The summed E-state index contributed by atoms with van der Waals surface area (Å²) in [6.45, 7) is 5.82. The van der Waals surface area contributed by atoms with Crippen LogP contribution in [0, 0.1) is 0 Å². The molecular weight excluding hydrogens is 325 g/mol. The van der Waals surface area contributed by atoms with Gasteiger partial charge in [0.15, 0.2) is 0 Å². The fourth-order valence-electron chi connectivity index (χ4n) is 2.22. The lowest BCUT2D eigenvalue weighted by molar-refractivity contribution is 0.469. The molecule has 1 nitrogen and oxygen atoms in total. The molecular formula is C17H18Cl3N. The highest BCUT2D eigenvalue weighted by Crippen LogP contribution is 2.31. The summed E-state index contributed by atoms with van der Waals surface area (Å²) >= 11 is 18.4. The summed E-state index contributed by atoms with van der Waals surface area (Å²) in [7, 11) is 0.